The molecule has 1 amide bonds. The van der Waals surface area contributed by atoms with Gasteiger partial charge in [-0.05, 0) is 11.6 Å². The number of carbonyl (C=O) groups is 2. The second-order valence-corrected chi connectivity index (χ2v) is 1.89. The zero-order valence-electron chi connectivity index (χ0n) is 5.26. The van der Waals surface area contributed by atoms with Crippen molar-refractivity contribution in [1.82, 2.24) is 0 Å². The fourth-order valence-corrected chi connectivity index (χ4v) is 0.209. The van der Waals surface area contributed by atoms with E-state index in [1.165, 1.54) is 6.92 Å². The first kappa shape index (κ1) is 9.10. The highest BCUT2D eigenvalue weighted by Gasteiger charge is 1.87. The third kappa shape index (κ3) is 7.10. The van der Waals surface area contributed by atoms with E-state index in [2.05, 4.69) is 21.3 Å². The molecule has 0 fully saturated rings. The minimum absolute atomic E-state index is 0.0694. The molecule has 1 heterocycles. The van der Waals surface area contributed by atoms with E-state index < -0.39 is 0 Å². The number of amides is 1. The Hall–Kier alpha value is -0.900. The molecule has 0 atom stereocenters. The van der Waals surface area contributed by atoms with E-state index in [4.69, 9.17) is 0 Å². The maximum atomic E-state index is 9.89. The van der Waals surface area contributed by atoms with Crippen LogP contribution >= 0.6 is 11.6 Å². The molecule has 0 radical (unpaired) electrons. The number of rotatable bonds is 0. The number of ether oxygens (including phenoxy) is 1. The van der Waals surface area contributed by atoms with Crippen LogP contribution in [0.1, 0.15) is 6.92 Å². The van der Waals surface area contributed by atoms with Gasteiger partial charge in [0.2, 0.25) is 5.24 Å². The van der Waals surface area contributed by atoms with Gasteiger partial charge in [-0.15, -0.1) is 0 Å². The molecular formula is C5H5ClNO3-. The lowest BCUT2D eigenvalue weighted by Crippen LogP contribution is -1.92. The zero-order chi connectivity index (χ0) is 7.98. The third-order valence-electron chi connectivity index (χ3n) is 0.431. The van der Waals surface area contributed by atoms with E-state index in [1.54, 1.807) is 0 Å². The van der Waals surface area contributed by atoms with Crippen molar-refractivity contribution in [3.05, 3.63) is 0 Å². The van der Waals surface area contributed by atoms with Crippen molar-refractivity contribution < 1.29 is 14.3 Å². The summed E-state index contributed by atoms with van der Waals surface area (Å²) < 4.78 is 4.29. The van der Waals surface area contributed by atoms with Gasteiger partial charge in [0.15, 0.2) is 0 Å². The molecule has 10 heavy (non-hydrogen) atoms. The van der Waals surface area contributed by atoms with Gasteiger partial charge in [-0.1, -0.05) is 0 Å². The summed E-state index contributed by atoms with van der Waals surface area (Å²) in [5.74, 6) is -0.255. The van der Waals surface area contributed by atoms with Crippen LogP contribution in [0.5, 0.6) is 0 Å². The second-order valence-electron chi connectivity index (χ2n) is 1.36. The summed E-state index contributed by atoms with van der Waals surface area (Å²) in [7, 11) is 0. The number of aliphatic imine (C=N–C) groups is 1. The van der Waals surface area contributed by atoms with Crippen molar-refractivity contribution in [2.24, 2.45) is 4.99 Å². The lowest BCUT2D eigenvalue weighted by molar-refractivity contribution is -0.118. The van der Waals surface area contributed by atoms with E-state index >= 15 is 0 Å². The normalized spacial score (nSPS) is 13.6. The number of hydrogen-bond donors (Lipinski definition) is 0. The fourth-order valence-electron chi connectivity index (χ4n) is 0.209. The fraction of sp³-hybridized carbons (Fsp3) is 0.400. The minimum atomic E-state index is -0.361. The first-order valence-corrected chi connectivity index (χ1v) is 2.77. The van der Waals surface area contributed by atoms with Crippen molar-refractivity contribution in [1.29, 1.82) is 0 Å². The molecule has 0 unspecified atom stereocenters. The minimum Gasteiger partial charge on any atom is -0.581 e. The first-order chi connectivity index (χ1) is 4.63. The van der Waals surface area contributed by atoms with Crippen molar-refractivity contribution in [3.8, 4) is 0 Å². The molecule has 0 aromatic rings. The average Bonchev–Trinajstić information content (AvgIpc) is 2.15. The van der Waals surface area contributed by atoms with Crippen LogP contribution in [0.2, 0.25) is 0 Å². The lowest BCUT2D eigenvalue weighted by atomic mass is 10.7. The van der Waals surface area contributed by atoms with E-state index in [-0.39, 0.29) is 17.8 Å². The van der Waals surface area contributed by atoms with E-state index in [9.17, 15) is 9.59 Å². The number of carbonyl (C=O) groups excluding carboxylic acids is 2. The van der Waals surface area contributed by atoms with Crippen LogP contribution in [-0.2, 0) is 14.3 Å². The van der Waals surface area contributed by atoms with Crippen LogP contribution < -0.4 is 0 Å². The van der Waals surface area contributed by atoms with Crippen LogP contribution in [0.15, 0.2) is 4.99 Å². The maximum absolute atomic E-state index is 9.89. The molecule has 4 nitrogen and oxygen atoms in total. The summed E-state index contributed by atoms with van der Waals surface area (Å²) in [5.41, 5.74) is 0. The predicted molar refractivity (Wildman–Crippen MR) is 34.9 cm³/mol. The van der Waals surface area contributed by atoms with Gasteiger partial charge in [0, 0.05) is 13.3 Å². The molecule has 1 aliphatic heterocycles. The molecule has 0 N–H and O–H groups in total. The van der Waals surface area contributed by atoms with Gasteiger partial charge in [-0.25, -0.2) is 0 Å². The topological polar surface area (TPSA) is 55.7 Å². The summed E-state index contributed by atoms with van der Waals surface area (Å²) >= 11 is 4.64. The SMILES string of the molecule is CC(=O)Cl.O=C1CO[C-]=N1. The Balaban J connectivity index is 0.000000180. The van der Waals surface area contributed by atoms with Gasteiger partial charge in [0.05, 0.1) is 6.61 Å². The Labute approximate surface area is 62.8 Å². The Bertz CT molecular complexity index is 162. The highest BCUT2D eigenvalue weighted by molar-refractivity contribution is 6.62. The van der Waals surface area contributed by atoms with Gasteiger partial charge in [-0.2, -0.15) is 0 Å². The Morgan fingerprint density at radius 2 is 2.40 bits per heavy atom. The Kier molecular flexibility index (Phi) is 4.49. The molecule has 0 aromatic heterocycles. The quantitative estimate of drug-likeness (QED) is 0.378. The van der Waals surface area contributed by atoms with Gasteiger partial charge in [0.1, 0.15) is 5.91 Å². The van der Waals surface area contributed by atoms with Crippen LogP contribution in [-0.4, -0.2) is 24.2 Å². The third-order valence-corrected chi connectivity index (χ3v) is 0.431. The van der Waals surface area contributed by atoms with Crippen molar-refractivity contribution in [3.63, 3.8) is 0 Å². The number of nitrogens with zero attached hydrogens (tertiary/aromatic N) is 1. The molecule has 1 rings (SSSR count). The van der Waals surface area contributed by atoms with Gasteiger partial charge >= 0.3 is 0 Å². The second kappa shape index (κ2) is 4.93. The molecule has 0 spiro atoms. The molecule has 0 bridgehead atoms. The Morgan fingerprint density at radius 1 is 1.90 bits per heavy atom. The predicted octanol–water partition coefficient (Wildman–Crippen LogP) is 0.220. The molecular weight excluding hydrogens is 158 g/mol. The molecule has 1 aliphatic rings. The number of halogens is 1. The van der Waals surface area contributed by atoms with Crippen molar-refractivity contribution >= 4 is 29.2 Å². The Morgan fingerprint density at radius 3 is 2.50 bits per heavy atom. The van der Waals surface area contributed by atoms with Crippen LogP contribution in [0.25, 0.3) is 0 Å². The maximum Gasteiger partial charge on any atom is 0.218 e. The number of hydrogen-bond acceptors (Lipinski definition) is 3. The molecule has 0 aromatic carbocycles. The van der Waals surface area contributed by atoms with Crippen LogP contribution in [0.4, 0.5) is 0 Å². The standard InChI is InChI=1S/C3H2NO2.C2H3ClO/c5-3-1-6-2-4-3;1-2(3)4/h1H2;1H3/q-1;. The monoisotopic (exact) mass is 162 g/mol. The highest BCUT2D eigenvalue weighted by atomic mass is 35.5. The van der Waals surface area contributed by atoms with Crippen LogP contribution in [0, 0.1) is 0 Å². The largest absolute Gasteiger partial charge is 0.581 e. The van der Waals surface area contributed by atoms with E-state index in [0.29, 0.717) is 0 Å². The summed E-state index contributed by atoms with van der Waals surface area (Å²) in [4.78, 5) is 22.2. The molecule has 5 heteroatoms. The van der Waals surface area contributed by atoms with E-state index in [0.717, 1.165) is 0 Å². The average molecular weight is 163 g/mol. The summed E-state index contributed by atoms with van der Waals surface area (Å²) in [5, 5.41) is -0.361. The van der Waals surface area contributed by atoms with Gasteiger partial charge in [-0.3, -0.25) is 4.79 Å². The zero-order valence-corrected chi connectivity index (χ0v) is 6.01. The highest BCUT2D eigenvalue weighted by Crippen LogP contribution is 1.83. The summed E-state index contributed by atoms with van der Waals surface area (Å²) in [6, 6.07) is 0. The molecule has 56 valence electrons. The molecule has 0 saturated heterocycles. The van der Waals surface area contributed by atoms with Crippen molar-refractivity contribution in [2.75, 3.05) is 6.61 Å². The molecule has 0 saturated carbocycles. The molecule has 0 aliphatic carbocycles. The summed E-state index contributed by atoms with van der Waals surface area (Å²) in [6.45, 7) is 1.36. The van der Waals surface area contributed by atoms with Gasteiger partial charge < -0.3 is 14.5 Å². The summed E-state index contributed by atoms with van der Waals surface area (Å²) in [6.07, 6.45) is 2.05. The van der Waals surface area contributed by atoms with E-state index in [1.807, 2.05) is 6.40 Å². The van der Waals surface area contributed by atoms with Gasteiger partial charge in [0.25, 0.3) is 0 Å². The smallest absolute Gasteiger partial charge is 0.218 e. The van der Waals surface area contributed by atoms with Crippen LogP contribution in [0.3, 0.4) is 0 Å². The first-order valence-electron chi connectivity index (χ1n) is 2.39. The van der Waals surface area contributed by atoms with Crippen molar-refractivity contribution in [2.45, 2.75) is 6.92 Å². The lowest BCUT2D eigenvalue weighted by Gasteiger charge is -1.87.